The summed E-state index contributed by atoms with van der Waals surface area (Å²) in [7, 11) is 1.67. The molecule has 1 fully saturated rings. The maximum absolute atomic E-state index is 13.5. The zero-order valence-electron chi connectivity index (χ0n) is 8.63. The van der Waals surface area contributed by atoms with E-state index in [0.717, 1.165) is 0 Å². The Labute approximate surface area is 96.4 Å². The highest BCUT2D eigenvalue weighted by Crippen LogP contribution is 2.30. The highest BCUT2D eigenvalue weighted by Gasteiger charge is 2.40. The van der Waals surface area contributed by atoms with Gasteiger partial charge in [-0.25, -0.2) is 9.37 Å². The monoisotopic (exact) mass is 274 g/mol. The summed E-state index contributed by atoms with van der Waals surface area (Å²) in [5.41, 5.74) is -0.165. The highest BCUT2D eigenvalue weighted by atomic mass is 79.9. The van der Waals surface area contributed by atoms with Gasteiger partial charge in [0.15, 0.2) is 11.6 Å². The van der Waals surface area contributed by atoms with Gasteiger partial charge in [-0.1, -0.05) is 0 Å². The van der Waals surface area contributed by atoms with Gasteiger partial charge in [-0.05, 0) is 28.9 Å². The summed E-state index contributed by atoms with van der Waals surface area (Å²) in [6, 6.07) is 1.42. The number of methoxy groups -OCH3 is 1. The molecule has 0 N–H and O–H groups in total. The van der Waals surface area contributed by atoms with Gasteiger partial charge in [0.1, 0.15) is 0 Å². The van der Waals surface area contributed by atoms with E-state index in [1.807, 2.05) is 11.8 Å². The van der Waals surface area contributed by atoms with Crippen molar-refractivity contribution < 1.29 is 9.13 Å². The molecule has 0 unspecified atom stereocenters. The van der Waals surface area contributed by atoms with Gasteiger partial charge in [-0.2, -0.15) is 0 Å². The van der Waals surface area contributed by atoms with Crippen LogP contribution in [0.5, 0.6) is 0 Å². The lowest BCUT2D eigenvalue weighted by molar-refractivity contribution is -0.0174. The van der Waals surface area contributed by atoms with Crippen LogP contribution in [0.4, 0.5) is 10.2 Å². The zero-order valence-corrected chi connectivity index (χ0v) is 10.2. The van der Waals surface area contributed by atoms with Crippen LogP contribution >= 0.6 is 15.9 Å². The third kappa shape index (κ3) is 1.99. The second-order valence-corrected chi connectivity index (χ2v) is 4.88. The number of rotatable bonds is 2. The normalized spacial score (nSPS) is 18.8. The summed E-state index contributed by atoms with van der Waals surface area (Å²) in [6.07, 6.45) is 1.60. The number of anilines is 1. The van der Waals surface area contributed by atoms with E-state index in [0.29, 0.717) is 23.4 Å². The summed E-state index contributed by atoms with van der Waals surface area (Å²) in [6.45, 7) is 3.35. The van der Waals surface area contributed by atoms with Crippen LogP contribution in [0.15, 0.2) is 16.7 Å². The van der Waals surface area contributed by atoms with E-state index in [-0.39, 0.29) is 11.4 Å². The lowest BCUT2D eigenvalue weighted by Gasteiger charge is -2.47. The Bertz CT molecular complexity index is 380. The topological polar surface area (TPSA) is 25.4 Å². The number of nitrogens with zero attached hydrogens (tertiary/aromatic N) is 2. The average Bonchev–Trinajstić information content (AvgIpc) is 2.14. The fourth-order valence-electron chi connectivity index (χ4n) is 1.68. The third-order valence-electron chi connectivity index (χ3n) is 2.63. The summed E-state index contributed by atoms with van der Waals surface area (Å²) in [5.74, 6) is 0.0928. The minimum Gasteiger partial charge on any atom is -0.375 e. The molecule has 0 bridgehead atoms. The fourth-order valence-corrected chi connectivity index (χ4v) is 1.98. The van der Waals surface area contributed by atoms with Gasteiger partial charge in [-0.3, -0.25) is 0 Å². The first-order valence-electron chi connectivity index (χ1n) is 4.65. The maximum atomic E-state index is 13.5. The van der Waals surface area contributed by atoms with Crippen molar-refractivity contribution in [2.45, 2.75) is 12.5 Å². The van der Waals surface area contributed by atoms with E-state index in [1.54, 1.807) is 13.3 Å². The second-order valence-electron chi connectivity index (χ2n) is 3.97. The molecule has 0 amide bonds. The molecule has 0 aromatic carbocycles. The van der Waals surface area contributed by atoms with Crippen LogP contribution in [0.2, 0.25) is 0 Å². The molecule has 15 heavy (non-hydrogen) atoms. The van der Waals surface area contributed by atoms with Gasteiger partial charge >= 0.3 is 0 Å². The second kappa shape index (κ2) is 3.72. The number of halogens is 2. The Morgan fingerprint density at radius 1 is 1.60 bits per heavy atom. The van der Waals surface area contributed by atoms with Gasteiger partial charge in [0.05, 0.1) is 18.7 Å². The van der Waals surface area contributed by atoms with Crippen molar-refractivity contribution in [1.29, 1.82) is 0 Å². The molecular formula is C10H12BrFN2O. The standard InChI is InChI=1S/C10H12BrFN2O/c1-10(15-2)5-14(6-10)9-8(12)3-7(11)4-13-9/h3-4H,5-6H2,1-2H3. The molecule has 1 aliphatic rings. The first-order valence-corrected chi connectivity index (χ1v) is 5.44. The summed E-state index contributed by atoms with van der Waals surface area (Å²) in [4.78, 5) is 5.91. The molecular weight excluding hydrogens is 263 g/mol. The van der Waals surface area contributed by atoms with Crippen molar-refractivity contribution >= 4 is 21.7 Å². The van der Waals surface area contributed by atoms with E-state index in [2.05, 4.69) is 20.9 Å². The quantitative estimate of drug-likeness (QED) is 0.827. The highest BCUT2D eigenvalue weighted by molar-refractivity contribution is 9.10. The van der Waals surface area contributed by atoms with Gasteiger partial charge < -0.3 is 9.64 Å². The smallest absolute Gasteiger partial charge is 0.166 e. The lowest BCUT2D eigenvalue weighted by Crippen LogP contribution is -2.61. The Morgan fingerprint density at radius 2 is 2.27 bits per heavy atom. The van der Waals surface area contributed by atoms with E-state index in [9.17, 15) is 4.39 Å². The number of ether oxygens (including phenoxy) is 1. The predicted octanol–water partition coefficient (Wildman–Crippen LogP) is 2.21. The molecule has 0 saturated carbocycles. The van der Waals surface area contributed by atoms with Crippen molar-refractivity contribution in [1.82, 2.24) is 4.98 Å². The average molecular weight is 275 g/mol. The summed E-state index contributed by atoms with van der Waals surface area (Å²) in [5, 5.41) is 0. The van der Waals surface area contributed by atoms with E-state index >= 15 is 0 Å². The Hall–Kier alpha value is -0.680. The van der Waals surface area contributed by atoms with Crippen molar-refractivity contribution in [2.24, 2.45) is 0 Å². The van der Waals surface area contributed by atoms with Crippen LogP contribution in [0.3, 0.4) is 0 Å². The molecule has 5 heteroatoms. The molecule has 82 valence electrons. The van der Waals surface area contributed by atoms with Gasteiger partial charge in [-0.15, -0.1) is 0 Å². The SMILES string of the molecule is COC1(C)CN(c2ncc(Br)cc2F)C1. The van der Waals surface area contributed by atoms with Crippen LogP contribution in [0, 0.1) is 5.82 Å². The van der Waals surface area contributed by atoms with E-state index in [4.69, 9.17) is 4.74 Å². The zero-order chi connectivity index (χ0) is 11.1. The van der Waals surface area contributed by atoms with Crippen LogP contribution in [0.1, 0.15) is 6.92 Å². The molecule has 3 nitrogen and oxygen atoms in total. The summed E-state index contributed by atoms with van der Waals surface area (Å²) < 4.78 is 19.4. The van der Waals surface area contributed by atoms with Crippen molar-refractivity contribution in [3.8, 4) is 0 Å². The number of aromatic nitrogens is 1. The number of hydrogen-bond acceptors (Lipinski definition) is 3. The first kappa shape index (κ1) is 10.8. The van der Waals surface area contributed by atoms with Gasteiger partial charge in [0.25, 0.3) is 0 Å². The Morgan fingerprint density at radius 3 is 2.80 bits per heavy atom. The molecule has 0 aliphatic carbocycles. The molecule has 2 heterocycles. The van der Waals surface area contributed by atoms with Gasteiger partial charge in [0, 0.05) is 17.8 Å². The van der Waals surface area contributed by atoms with Gasteiger partial charge in [0.2, 0.25) is 0 Å². The van der Waals surface area contributed by atoms with Crippen molar-refractivity contribution in [3.05, 3.63) is 22.6 Å². The van der Waals surface area contributed by atoms with Crippen LogP contribution in [-0.4, -0.2) is 30.8 Å². The molecule has 1 aliphatic heterocycles. The lowest BCUT2D eigenvalue weighted by atomic mass is 9.96. The fraction of sp³-hybridized carbons (Fsp3) is 0.500. The van der Waals surface area contributed by atoms with Crippen molar-refractivity contribution in [3.63, 3.8) is 0 Å². The molecule has 0 radical (unpaired) electrons. The Balaban J connectivity index is 2.13. The molecule has 1 aromatic rings. The molecule has 2 rings (SSSR count). The van der Waals surface area contributed by atoms with Crippen LogP contribution in [-0.2, 0) is 4.74 Å². The van der Waals surface area contributed by atoms with Crippen LogP contribution in [0.25, 0.3) is 0 Å². The minimum absolute atomic E-state index is 0.165. The first-order chi connectivity index (χ1) is 7.04. The largest absolute Gasteiger partial charge is 0.375 e. The van der Waals surface area contributed by atoms with E-state index < -0.39 is 0 Å². The molecule has 0 spiro atoms. The number of hydrogen-bond donors (Lipinski definition) is 0. The Kier molecular flexibility index (Phi) is 2.68. The summed E-state index contributed by atoms with van der Waals surface area (Å²) >= 11 is 3.18. The van der Waals surface area contributed by atoms with E-state index in [1.165, 1.54) is 6.07 Å². The maximum Gasteiger partial charge on any atom is 0.166 e. The predicted molar refractivity (Wildman–Crippen MR) is 59.5 cm³/mol. The van der Waals surface area contributed by atoms with Crippen LogP contribution < -0.4 is 4.90 Å². The minimum atomic E-state index is -0.303. The van der Waals surface area contributed by atoms with Crippen molar-refractivity contribution in [2.75, 3.05) is 25.1 Å². The third-order valence-corrected chi connectivity index (χ3v) is 3.07. The molecule has 0 atom stereocenters. The molecule has 1 saturated heterocycles. The molecule has 1 aromatic heterocycles. The number of pyridine rings is 1.